The van der Waals surface area contributed by atoms with Crippen LogP contribution < -0.4 is 9.64 Å². The predicted octanol–water partition coefficient (Wildman–Crippen LogP) is 3.14. The van der Waals surface area contributed by atoms with Crippen molar-refractivity contribution in [2.24, 2.45) is 0 Å². The van der Waals surface area contributed by atoms with Crippen molar-refractivity contribution in [3.05, 3.63) is 42.1 Å². The van der Waals surface area contributed by atoms with Gasteiger partial charge in [-0.1, -0.05) is 12.1 Å². The molecule has 0 N–H and O–H groups in total. The zero-order valence-electron chi connectivity index (χ0n) is 10.4. The average Bonchev–Trinajstić information content (AvgIpc) is 2.70. The molecule has 2 heterocycles. The molecule has 98 valence electrons. The van der Waals surface area contributed by atoms with E-state index in [1.165, 1.54) is 0 Å². The summed E-state index contributed by atoms with van der Waals surface area (Å²) in [4.78, 5) is 2.13. The molecular formula is C14H14ClN3O. The van der Waals surface area contributed by atoms with Crippen molar-refractivity contribution in [1.29, 1.82) is 0 Å². The van der Waals surface area contributed by atoms with Crippen LogP contribution in [0.4, 0.5) is 11.5 Å². The first-order chi connectivity index (χ1) is 9.38. The fraction of sp³-hybridized carbons (Fsp3) is 0.286. The van der Waals surface area contributed by atoms with Gasteiger partial charge in [-0.3, -0.25) is 0 Å². The summed E-state index contributed by atoms with van der Waals surface area (Å²) in [6, 6.07) is 11.9. The normalized spacial score (nSPS) is 14.5. The topological polar surface area (TPSA) is 38.2 Å². The van der Waals surface area contributed by atoms with Gasteiger partial charge in [0.1, 0.15) is 5.75 Å². The molecule has 0 unspecified atom stereocenters. The van der Waals surface area contributed by atoms with Crippen molar-refractivity contribution in [3.8, 4) is 5.75 Å². The molecule has 2 aromatic rings. The number of alkyl halides is 1. The van der Waals surface area contributed by atoms with Crippen molar-refractivity contribution < 1.29 is 4.74 Å². The molecule has 19 heavy (non-hydrogen) atoms. The second-order valence-electron chi connectivity index (χ2n) is 4.34. The number of rotatable bonds is 2. The van der Waals surface area contributed by atoms with E-state index in [1.807, 2.05) is 36.4 Å². The van der Waals surface area contributed by atoms with Crippen LogP contribution in [0.1, 0.15) is 12.1 Å². The minimum atomic E-state index is 0.382. The highest BCUT2D eigenvalue weighted by molar-refractivity contribution is 6.16. The number of nitrogens with zero attached hydrogens (tertiary/aromatic N) is 3. The number of ether oxygens (including phenoxy) is 1. The Morgan fingerprint density at radius 1 is 1.16 bits per heavy atom. The lowest BCUT2D eigenvalue weighted by Crippen LogP contribution is -2.19. The summed E-state index contributed by atoms with van der Waals surface area (Å²) in [5.74, 6) is 2.10. The van der Waals surface area contributed by atoms with Crippen LogP contribution in [-0.2, 0) is 5.88 Å². The largest absolute Gasteiger partial charge is 0.491 e. The lowest BCUT2D eigenvalue weighted by atomic mass is 10.2. The fourth-order valence-corrected chi connectivity index (χ4v) is 2.28. The molecule has 0 atom stereocenters. The zero-order valence-corrected chi connectivity index (χ0v) is 11.2. The van der Waals surface area contributed by atoms with Crippen LogP contribution in [0, 0.1) is 0 Å². The molecule has 0 radical (unpaired) electrons. The predicted molar refractivity (Wildman–Crippen MR) is 75.1 cm³/mol. The van der Waals surface area contributed by atoms with Crippen molar-refractivity contribution in [3.63, 3.8) is 0 Å². The van der Waals surface area contributed by atoms with Gasteiger partial charge in [-0.15, -0.1) is 16.7 Å². The molecule has 3 rings (SSSR count). The Balaban J connectivity index is 1.99. The third-order valence-electron chi connectivity index (χ3n) is 3.06. The van der Waals surface area contributed by atoms with Crippen molar-refractivity contribution in [1.82, 2.24) is 10.2 Å². The van der Waals surface area contributed by atoms with Crippen LogP contribution in [0.15, 0.2) is 36.4 Å². The molecule has 5 heteroatoms. The molecule has 0 spiro atoms. The van der Waals surface area contributed by atoms with Gasteiger partial charge < -0.3 is 9.64 Å². The molecule has 1 aromatic carbocycles. The molecule has 1 aliphatic rings. The lowest BCUT2D eigenvalue weighted by molar-refractivity contribution is 0.322. The summed E-state index contributed by atoms with van der Waals surface area (Å²) in [5, 5.41) is 8.36. The standard InChI is InChI=1S/C14H14ClN3O/c15-10-11-6-7-14(17-16-11)18-8-3-9-19-13-5-2-1-4-12(13)18/h1-2,4-7H,3,8-10H2. The van der Waals surface area contributed by atoms with Crippen LogP contribution >= 0.6 is 11.6 Å². The molecule has 0 saturated heterocycles. The van der Waals surface area contributed by atoms with Gasteiger partial charge in [0.2, 0.25) is 0 Å². The van der Waals surface area contributed by atoms with Crippen LogP contribution in [0.2, 0.25) is 0 Å². The summed E-state index contributed by atoms with van der Waals surface area (Å²) < 4.78 is 5.73. The number of aromatic nitrogens is 2. The average molecular weight is 276 g/mol. The Hall–Kier alpha value is -1.81. The first-order valence-corrected chi connectivity index (χ1v) is 6.80. The van der Waals surface area contributed by atoms with Gasteiger partial charge in [-0.05, 0) is 30.7 Å². The second-order valence-corrected chi connectivity index (χ2v) is 4.61. The SMILES string of the molecule is ClCc1ccc(N2CCCOc3ccccc32)nn1. The molecule has 1 aromatic heterocycles. The molecule has 0 aliphatic carbocycles. The molecule has 0 bridgehead atoms. The minimum Gasteiger partial charge on any atom is -0.491 e. The number of para-hydroxylation sites is 2. The molecule has 0 amide bonds. The van der Waals surface area contributed by atoms with E-state index in [-0.39, 0.29) is 0 Å². The molecule has 0 saturated carbocycles. The van der Waals surface area contributed by atoms with Gasteiger partial charge in [-0.2, -0.15) is 5.10 Å². The van der Waals surface area contributed by atoms with Crippen LogP contribution in [0.3, 0.4) is 0 Å². The molecule has 4 nitrogen and oxygen atoms in total. The first kappa shape index (κ1) is 12.2. The summed E-state index contributed by atoms with van der Waals surface area (Å²) in [6.07, 6.45) is 0.952. The van der Waals surface area contributed by atoms with Crippen LogP contribution in [0.25, 0.3) is 0 Å². The van der Waals surface area contributed by atoms with E-state index < -0.39 is 0 Å². The summed E-state index contributed by atoms with van der Waals surface area (Å²) in [6.45, 7) is 1.59. The maximum Gasteiger partial charge on any atom is 0.155 e. The summed E-state index contributed by atoms with van der Waals surface area (Å²) in [7, 11) is 0. The number of anilines is 2. The van der Waals surface area contributed by atoms with E-state index >= 15 is 0 Å². The third kappa shape index (κ3) is 2.49. The molecule has 1 aliphatic heterocycles. The van der Waals surface area contributed by atoms with Crippen LogP contribution in [-0.4, -0.2) is 23.3 Å². The van der Waals surface area contributed by atoms with Crippen molar-refractivity contribution in [2.45, 2.75) is 12.3 Å². The smallest absolute Gasteiger partial charge is 0.155 e. The quantitative estimate of drug-likeness (QED) is 0.789. The maximum absolute atomic E-state index is 5.74. The summed E-state index contributed by atoms with van der Waals surface area (Å²) in [5.41, 5.74) is 1.82. The van der Waals surface area contributed by atoms with Gasteiger partial charge in [-0.25, -0.2) is 0 Å². The van der Waals surface area contributed by atoms with Gasteiger partial charge in [0.15, 0.2) is 5.82 Å². The summed E-state index contributed by atoms with van der Waals surface area (Å²) >= 11 is 5.74. The zero-order chi connectivity index (χ0) is 13.1. The number of halogens is 1. The van der Waals surface area contributed by atoms with Gasteiger partial charge in [0.25, 0.3) is 0 Å². The first-order valence-electron chi connectivity index (χ1n) is 6.26. The van der Waals surface area contributed by atoms with Crippen molar-refractivity contribution in [2.75, 3.05) is 18.1 Å². The molecule has 0 fully saturated rings. The van der Waals surface area contributed by atoms with Gasteiger partial charge in [0.05, 0.1) is 23.9 Å². The van der Waals surface area contributed by atoms with E-state index in [9.17, 15) is 0 Å². The fourth-order valence-electron chi connectivity index (χ4n) is 2.13. The Bertz CT molecular complexity index is 559. The number of hydrogen-bond acceptors (Lipinski definition) is 4. The highest BCUT2D eigenvalue weighted by atomic mass is 35.5. The van der Waals surface area contributed by atoms with E-state index in [4.69, 9.17) is 16.3 Å². The van der Waals surface area contributed by atoms with E-state index in [0.717, 1.165) is 42.5 Å². The highest BCUT2D eigenvalue weighted by Crippen LogP contribution is 2.34. The van der Waals surface area contributed by atoms with Crippen LogP contribution in [0.5, 0.6) is 5.75 Å². The number of hydrogen-bond donors (Lipinski definition) is 0. The number of fused-ring (bicyclic) bond motifs is 1. The highest BCUT2D eigenvalue weighted by Gasteiger charge is 2.18. The minimum absolute atomic E-state index is 0.382. The van der Waals surface area contributed by atoms with Gasteiger partial charge >= 0.3 is 0 Å². The van der Waals surface area contributed by atoms with E-state index in [1.54, 1.807) is 0 Å². The Kier molecular flexibility index (Phi) is 3.51. The maximum atomic E-state index is 5.74. The van der Waals surface area contributed by atoms with Gasteiger partial charge in [0, 0.05) is 6.54 Å². The Labute approximate surface area is 117 Å². The molecular weight excluding hydrogens is 262 g/mol. The lowest BCUT2D eigenvalue weighted by Gasteiger charge is -2.22. The van der Waals surface area contributed by atoms with Crippen molar-refractivity contribution >= 4 is 23.1 Å². The van der Waals surface area contributed by atoms with E-state index in [0.29, 0.717) is 5.88 Å². The van der Waals surface area contributed by atoms with E-state index in [2.05, 4.69) is 15.1 Å². The Morgan fingerprint density at radius 2 is 2.05 bits per heavy atom. The third-order valence-corrected chi connectivity index (χ3v) is 3.33. The number of benzene rings is 1. The Morgan fingerprint density at radius 3 is 2.84 bits per heavy atom. The monoisotopic (exact) mass is 275 g/mol. The second kappa shape index (κ2) is 5.45.